The van der Waals surface area contributed by atoms with Crippen LogP contribution in [0.25, 0.3) is 11.5 Å². The van der Waals surface area contributed by atoms with E-state index in [2.05, 4.69) is 16.4 Å². The molecule has 2 aromatic carbocycles. The van der Waals surface area contributed by atoms with Crippen molar-refractivity contribution in [1.29, 1.82) is 0 Å². The quantitative estimate of drug-likeness (QED) is 0.788. The fourth-order valence-electron chi connectivity index (χ4n) is 2.52. The summed E-state index contributed by atoms with van der Waals surface area (Å²) in [4.78, 5) is 16.5. The molecule has 0 atom stereocenters. The summed E-state index contributed by atoms with van der Waals surface area (Å²) in [6.07, 6.45) is 1.72. The standard InChI is InChI=1S/C19H18N2O2/c1-13-8-14(2)10-16(9-13)20-18(22)11-17-12-23-19(21-17)15-6-4-3-5-7-15/h3-10,12H,11H2,1-2H3,(H,20,22). The molecule has 0 aliphatic rings. The summed E-state index contributed by atoms with van der Waals surface area (Å²) in [6.45, 7) is 4.01. The predicted octanol–water partition coefficient (Wildman–Crippen LogP) is 4.14. The molecule has 0 fully saturated rings. The van der Waals surface area contributed by atoms with Crippen LogP contribution in [0.2, 0.25) is 0 Å². The fourth-order valence-corrected chi connectivity index (χ4v) is 2.52. The van der Waals surface area contributed by atoms with Crippen molar-refractivity contribution in [2.24, 2.45) is 0 Å². The van der Waals surface area contributed by atoms with Gasteiger partial charge in [0.2, 0.25) is 11.8 Å². The van der Waals surface area contributed by atoms with Gasteiger partial charge in [0.25, 0.3) is 0 Å². The Morgan fingerprint density at radius 1 is 1.09 bits per heavy atom. The third kappa shape index (κ3) is 3.86. The van der Waals surface area contributed by atoms with E-state index in [9.17, 15) is 4.79 Å². The first-order valence-corrected chi connectivity index (χ1v) is 7.48. The van der Waals surface area contributed by atoms with Gasteiger partial charge in [-0.15, -0.1) is 0 Å². The number of aryl methyl sites for hydroxylation is 2. The Morgan fingerprint density at radius 3 is 2.48 bits per heavy atom. The Bertz CT molecular complexity index is 802. The number of rotatable bonds is 4. The Morgan fingerprint density at radius 2 is 1.78 bits per heavy atom. The SMILES string of the molecule is Cc1cc(C)cc(NC(=O)Cc2coc(-c3ccccc3)n2)c1. The molecule has 4 nitrogen and oxygen atoms in total. The van der Waals surface area contributed by atoms with E-state index in [1.54, 1.807) is 0 Å². The summed E-state index contributed by atoms with van der Waals surface area (Å²) in [5.74, 6) is 0.419. The lowest BCUT2D eigenvalue weighted by molar-refractivity contribution is -0.115. The minimum Gasteiger partial charge on any atom is -0.444 e. The summed E-state index contributed by atoms with van der Waals surface area (Å²) in [5.41, 5.74) is 4.56. The van der Waals surface area contributed by atoms with Crippen LogP contribution in [0.4, 0.5) is 5.69 Å². The number of hydrogen-bond donors (Lipinski definition) is 1. The summed E-state index contributed by atoms with van der Waals surface area (Å²) in [5, 5.41) is 2.90. The molecule has 0 bridgehead atoms. The molecule has 4 heteroatoms. The van der Waals surface area contributed by atoms with Crippen molar-refractivity contribution in [3.05, 3.63) is 71.6 Å². The highest BCUT2D eigenvalue weighted by molar-refractivity contribution is 5.92. The maximum Gasteiger partial charge on any atom is 0.230 e. The van der Waals surface area contributed by atoms with Gasteiger partial charge in [-0.2, -0.15) is 0 Å². The van der Waals surface area contributed by atoms with Crippen LogP contribution in [0.3, 0.4) is 0 Å². The molecule has 0 saturated heterocycles. The predicted molar refractivity (Wildman–Crippen MR) is 90.2 cm³/mol. The fraction of sp³-hybridized carbons (Fsp3) is 0.158. The molecule has 3 aromatic rings. The zero-order chi connectivity index (χ0) is 16.2. The lowest BCUT2D eigenvalue weighted by atomic mass is 10.1. The van der Waals surface area contributed by atoms with Gasteiger partial charge in [-0.1, -0.05) is 24.3 Å². The number of benzene rings is 2. The highest BCUT2D eigenvalue weighted by Gasteiger charge is 2.11. The van der Waals surface area contributed by atoms with E-state index in [-0.39, 0.29) is 12.3 Å². The second-order valence-corrected chi connectivity index (χ2v) is 5.61. The molecule has 0 aliphatic carbocycles. The molecule has 3 rings (SSSR count). The smallest absolute Gasteiger partial charge is 0.230 e. The average molecular weight is 306 g/mol. The van der Waals surface area contributed by atoms with Crippen molar-refractivity contribution in [2.75, 3.05) is 5.32 Å². The van der Waals surface area contributed by atoms with Crippen molar-refractivity contribution >= 4 is 11.6 Å². The van der Waals surface area contributed by atoms with Crippen LogP contribution < -0.4 is 5.32 Å². The normalized spacial score (nSPS) is 10.5. The van der Waals surface area contributed by atoms with E-state index in [0.717, 1.165) is 22.4 Å². The van der Waals surface area contributed by atoms with Gasteiger partial charge in [-0.25, -0.2) is 4.98 Å². The van der Waals surface area contributed by atoms with Gasteiger partial charge in [0.05, 0.1) is 12.1 Å². The van der Waals surface area contributed by atoms with Gasteiger partial charge < -0.3 is 9.73 Å². The second-order valence-electron chi connectivity index (χ2n) is 5.61. The van der Waals surface area contributed by atoms with Crippen LogP contribution in [0.1, 0.15) is 16.8 Å². The van der Waals surface area contributed by atoms with Gasteiger partial charge in [0, 0.05) is 11.3 Å². The molecule has 0 saturated carbocycles. The maximum absolute atomic E-state index is 12.2. The highest BCUT2D eigenvalue weighted by atomic mass is 16.3. The molecule has 0 spiro atoms. The third-order valence-electron chi connectivity index (χ3n) is 3.42. The monoisotopic (exact) mass is 306 g/mol. The Labute approximate surface area is 135 Å². The van der Waals surface area contributed by atoms with Gasteiger partial charge >= 0.3 is 0 Å². The van der Waals surface area contributed by atoms with Crippen molar-refractivity contribution in [2.45, 2.75) is 20.3 Å². The number of nitrogens with zero attached hydrogens (tertiary/aromatic N) is 1. The van der Waals surface area contributed by atoms with Gasteiger partial charge in [-0.05, 0) is 49.2 Å². The Balaban J connectivity index is 1.68. The number of carbonyl (C=O) groups is 1. The number of hydrogen-bond acceptors (Lipinski definition) is 3. The van der Waals surface area contributed by atoms with E-state index in [4.69, 9.17) is 4.42 Å². The summed E-state index contributed by atoms with van der Waals surface area (Å²) in [6, 6.07) is 15.6. The Hall–Kier alpha value is -2.88. The van der Waals surface area contributed by atoms with E-state index in [1.807, 2.05) is 56.3 Å². The van der Waals surface area contributed by atoms with E-state index >= 15 is 0 Å². The van der Waals surface area contributed by atoms with Crippen molar-refractivity contribution in [3.63, 3.8) is 0 Å². The minimum atomic E-state index is -0.108. The van der Waals surface area contributed by atoms with Crippen molar-refractivity contribution < 1.29 is 9.21 Å². The first kappa shape index (κ1) is 15.0. The number of carbonyl (C=O) groups excluding carboxylic acids is 1. The van der Waals surface area contributed by atoms with E-state index < -0.39 is 0 Å². The van der Waals surface area contributed by atoms with Crippen LogP contribution in [0.15, 0.2) is 59.2 Å². The van der Waals surface area contributed by atoms with Gasteiger partial charge in [-0.3, -0.25) is 4.79 Å². The first-order chi connectivity index (χ1) is 11.1. The largest absolute Gasteiger partial charge is 0.444 e. The molecule has 1 heterocycles. The summed E-state index contributed by atoms with van der Waals surface area (Å²) < 4.78 is 5.45. The zero-order valence-corrected chi connectivity index (χ0v) is 13.2. The topological polar surface area (TPSA) is 55.1 Å². The lowest BCUT2D eigenvalue weighted by Crippen LogP contribution is -2.14. The van der Waals surface area contributed by atoms with E-state index in [0.29, 0.717) is 11.6 Å². The van der Waals surface area contributed by atoms with Gasteiger partial charge in [0.15, 0.2) is 0 Å². The van der Waals surface area contributed by atoms with Crippen LogP contribution in [-0.4, -0.2) is 10.9 Å². The van der Waals surface area contributed by atoms with Crippen LogP contribution >= 0.6 is 0 Å². The second kappa shape index (κ2) is 6.48. The molecule has 0 aliphatic heterocycles. The minimum absolute atomic E-state index is 0.108. The molecule has 0 radical (unpaired) electrons. The molecule has 1 aromatic heterocycles. The molecule has 1 N–H and O–H groups in total. The summed E-state index contributed by atoms with van der Waals surface area (Å²) in [7, 11) is 0. The summed E-state index contributed by atoms with van der Waals surface area (Å²) >= 11 is 0. The van der Waals surface area contributed by atoms with Gasteiger partial charge in [0.1, 0.15) is 6.26 Å². The molecule has 1 amide bonds. The Kier molecular flexibility index (Phi) is 4.24. The van der Waals surface area contributed by atoms with Crippen molar-refractivity contribution in [1.82, 2.24) is 4.98 Å². The van der Waals surface area contributed by atoms with Crippen LogP contribution in [0.5, 0.6) is 0 Å². The molecular formula is C19H18N2O2. The number of amides is 1. The zero-order valence-electron chi connectivity index (χ0n) is 13.2. The molecular weight excluding hydrogens is 288 g/mol. The maximum atomic E-state index is 12.2. The number of aromatic nitrogens is 1. The highest BCUT2D eigenvalue weighted by Crippen LogP contribution is 2.19. The van der Waals surface area contributed by atoms with E-state index in [1.165, 1.54) is 6.26 Å². The van der Waals surface area contributed by atoms with Crippen LogP contribution in [0, 0.1) is 13.8 Å². The third-order valence-corrected chi connectivity index (χ3v) is 3.42. The molecule has 0 unspecified atom stereocenters. The number of oxazole rings is 1. The molecule has 116 valence electrons. The number of anilines is 1. The van der Waals surface area contributed by atoms with Crippen LogP contribution in [-0.2, 0) is 11.2 Å². The number of nitrogens with one attached hydrogen (secondary N) is 1. The first-order valence-electron chi connectivity index (χ1n) is 7.48. The molecule has 23 heavy (non-hydrogen) atoms. The van der Waals surface area contributed by atoms with Crippen molar-refractivity contribution in [3.8, 4) is 11.5 Å². The average Bonchev–Trinajstić information content (AvgIpc) is 2.95. The lowest BCUT2D eigenvalue weighted by Gasteiger charge is -2.06.